The number of benzene rings is 2. The van der Waals surface area contributed by atoms with Crippen molar-refractivity contribution in [2.45, 2.75) is 13.5 Å². The second-order valence-corrected chi connectivity index (χ2v) is 6.10. The molecule has 3 heteroatoms. The van der Waals surface area contributed by atoms with E-state index < -0.39 is 0 Å². The lowest BCUT2D eigenvalue weighted by molar-refractivity contribution is 0.310. The Bertz CT molecular complexity index is 700. The van der Waals surface area contributed by atoms with E-state index >= 15 is 0 Å². The molecule has 1 nitrogen and oxygen atoms in total. The molecule has 0 aliphatic carbocycles. The topological polar surface area (TPSA) is 9.23 Å². The molecule has 0 unspecified atom stereocenters. The highest BCUT2D eigenvalue weighted by Crippen LogP contribution is 2.29. The maximum atomic E-state index is 5.99. The molecule has 0 amide bonds. The van der Waals surface area contributed by atoms with Crippen LogP contribution in [0.1, 0.15) is 10.4 Å². The molecule has 3 aromatic rings. The van der Waals surface area contributed by atoms with Crippen LogP contribution >= 0.6 is 22.9 Å². The summed E-state index contributed by atoms with van der Waals surface area (Å²) >= 11 is 7.72. The minimum absolute atomic E-state index is 0.597. The van der Waals surface area contributed by atoms with Gasteiger partial charge in [0.15, 0.2) is 0 Å². The molecule has 0 saturated carbocycles. The molecular formula is C16H13ClOS. The van der Waals surface area contributed by atoms with E-state index in [2.05, 4.69) is 25.1 Å². The van der Waals surface area contributed by atoms with Crippen LogP contribution in [0.25, 0.3) is 10.1 Å². The number of halogens is 1. The first kappa shape index (κ1) is 12.5. The summed E-state index contributed by atoms with van der Waals surface area (Å²) < 4.78 is 6.99. The van der Waals surface area contributed by atoms with E-state index in [0.717, 1.165) is 10.8 Å². The molecule has 0 aliphatic heterocycles. The molecule has 96 valence electrons. The molecule has 1 aromatic heterocycles. The van der Waals surface area contributed by atoms with E-state index in [0.29, 0.717) is 6.61 Å². The summed E-state index contributed by atoms with van der Waals surface area (Å²) in [5.41, 5.74) is 1.24. The van der Waals surface area contributed by atoms with Gasteiger partial charge in [-0.15, -0.1) is 11.3 Å². The van der Waals surface area contributed by atoms with Crippen molar-refractivity contribution in [2.75, 3.05) is 0 Å². The fourth-order valence-corrected chi connectivity index (χ4v) is 3.17. The number of thiophene rings is 1. The van der Waals surface area contributed by atoms with E-state index in [4.69, 9.17) is 16.3 Å². The zero-order chi connectivity index (χ0) is 13.2. The summed E-state index contributed by atoms with van der Waals surface area (Å²) in [7, 11) is 0. The van der Waals surface area contributed by atoms with Gasteiger partial charge in [-0.3, -0.25) is 0 Å². The Morgan fingerprint density at radius 1 is 1.05 bits per heavy atom. The zero-order valence-corrected chi connectivity index (χ0v) is 12.1. The smallest absolute Gasteiger partial charge is 0.122 e. The Hall–Kier alpha value is -1.51. The minimum atomic E-state index is 0.597. The lowest BCUT2D eigenvalue weighted by Crippen LogP contribution is -1.92. The molecule has 0 bridgehead atoms. The molecule has 0 aliphatic rings. The van der Waals surface area contributed by atoms with Crippen molar-refractivity contribution in [3.8, 4) is 5.75 Å². The molecular weight excluding hydrogens is 276 g/mol. The van der Waals surface area contributed by atoms with E-state index in [-0.39, 0.29) is 0 Å². The van der Waals surface area contributed by atoms with Crippen molar-refractivity contribution in [1.29, 1.82) is 0 Å². The number of hydrogen-bond donors (Lipinski definition) is 0. The average molecular weight is 289 g/mol. The first-order chi connectivity index (χ1) is 9.20. The molecule has 0 saturated heterocycles. The second kappa shape index (κ2) is 5.24. The Morgan fingerprint density at radius 3 is 2.63 bits per heavy atom. The van der Waals surface area contributed by atoms with Gasteiger partial charge in [0.2, 0.25) is 0 Å². The van der Waals surface area contributed by atoms with Gasteiger partial charge in [0.1, 0.15) is 12.4 Å². The van der Waals surface area contributed by atoms with Gasteiger partial charge in [-0.05, 0) is 42.6 Å². The first-order valence-electron chi connectivity index (χ1n) is 6.08. The number of ether oxygens (including phenoxy) is 1. The van der Waals surface area contributed by atoms with Crippen LogP contribution in [0.2, 0.25) is 5.02 Å². The van der Waals surface area contributed by atoms with Crippen LogP contribution in [-0.2, 0) is 6.61 Å². The van der Waals surface area contributed by atoms with Crippen molar-refractivity contribution in [1.82, 2.24) is 0 Å². The summed E-state index contributed by atoms with van der Waals surface area (Å²) in [4.78, 5) is 1.21. The minimum Gasteiger partial charge on any atom is -0.488 e. The van der Waals surface area contributed by atoms with Gasteiger partial charge in [-0.25, -0.2) is 0 Å². The van der Waals surface area contributed by atoms with Crippen LogP contribution in [0, 0.1) is 6.92 Å². The van der Waals surface area contributed by atoms with Crippen molar-refractivity contribution in [3.05, 3.63) is 64.0 Å². The largest absolute Gasteiger partial charge is 0.488 e. The number of fused-ring (bicyclic) bond motifs is 1. The third kappa shape index (κ3) is 2.91. The van der Waals surface area contributed by atoms with Crippen LogP contribution in [0.4, 0.5) is 0 Å². The maximum Gasteiger partial charge on any atom is 0.122 e. The molecule has 3 rings (SSSR count). The molecule has 0 atom stereocenters. The van der Waals surface area contributed by atoms with E-state index in [1.165, 1.54) is 20.5 Å². The Kier molecular flexibility index (Phi) is 3.45. The number of aryl methyl sites for hydroxylation is 1. The second-order valence-electron chi connectivity index (χ2n) is 4.50. The molecule has 2 aromatic carbocycles. The molecule has 0 radical (unpaired) electrons. The van der Waals surface area contributed by atoms with Gasteiger partial charge in [0.05, 0.1) is 0 Å². The summed E-state index contributed by atoms with van der Waals surface area (Å²) in [6.45, 7) is 2.67. The van der Waals surface area contributed by atoms with Gasteiger partial charge in [0, 0.05) is 14.6 Å². The zero-order valence-electron chi connectivity index (χ0n) is 10.5. The van der Waals surface area contributed by atoms with Gasteiger partial charge < -0.3 is 4.74 Å². The molecule has 19 heavy (non-hydrogen) atoms. The Morgan fingerprint density at radius 2 is 1.84 bits per heavy atom. The lowest BCUT2D eigenvalue weighted by Gasteiger charge is -2.04. The van der Waals surface area contributed by atoms with Crippen molar-refractivity contribution < 1.29 is 4.74 Å². The van der Waals surface area contributed by atoms with Crippen LogP contribution in [0.3, 0.4) is 0 Å². The van der Waals surface area contributed by atoms with E-state index in [9.17, 15) is 0 Å². The Labute approximate surface area is 121 Å². The normalized spacial score (nSPS) is 10.8. The van der Waals surface area contributed by atoms with Gasteiger partial charge >= 0.3 is 0 Å². The number of hydrogen-bond acceptors (Lipinski definition) is 2. The summed E-state index contributed by atoms with van der Waals surface area (Å²) in [6, 6.07) is 16.2. The Balaban J connectivity index is 1.76. The highest BCUT2D eigenvalue weighted by molar-refractivity contribution is 7.19. The lowest BCUT2D eigenvalue weighted by atomic mass is 10.2. The van der Waals surface area contributed by atoms with Crippen molar-refractivity contribution in [3.63, 3.8) is 0 Å². The molecule has 0 N–H and O–H groups in total. The third-order valence-electron chi connectivity index (χ3n) is 2.94. The van der Waals surface area contributed by atoms with Gasteiger partial charge in [-0.2, -0.15) is 0 Å². The standard InChI is InChI=1S/C16H13ClOS/c1-11-2-6-14(7-3-11)18-10-15-8-12-4-5-13(17)9-16(12)19-15/h2-9H,10H2,1H3. The SMILES string of the molecule is Cc1ccc(OCc2cc3ccc(Cl)cc3s2)cc1. The summed E-state index contributed by atoms with van der Waals surface area (Å²) in [5.74, 6) is 0.904. The third-order valence-corrected chi connectivity index (χ3v) is 4.24. The molecule has 0 fully saturated rings. The quantitative estimate of drug-likeness (QED) is 0.623. The fraction of sp³-hybridized carbons (Fsp3) is 0.125. The highest BCUT2D eigenvalue weighted by atomic mass is 35.5. The van der Waals surface area contributed by atoms with Gasteiger partial charge in [0.25, 0.3) is 0 Å². The van der Waals surface area contributed by atoms with Crippen LogP contribution in [0.5, 0.6) is 5.75 Å². The van der Waals surface area contributed by atoms with E-state index in [1.807, 2.05) is 30.3 Å². The van der Waals surface area contributed by atoms with Crippen LogP contribution in [-0.4, -0.2) is 0 Å². The van der Waals surface area contributed by atoms with Crippen molar-refractivity contribution in [2.24, 2.45) is 0 Å². The molecule has 0 spiro atoms. The fourth-order valence-electron chi connectivity index (χ4n) is 1.92. The maximum absolute atomic E-state index is 5.99. The predicted octanol–water partition coefficient (Wildman–Crippen LogP) is 5.44. The van der Waals surface area contributed by atoms with Crippen molar-refractivity contribution >= 4 is 33.0 Å². The average Bonchev–Trinajstić information content (AvgIpc) is 2.80. The summed E-state index contributed by atoms with van der Waals surface area (Å²) in [6.07, 6.45) is 0. The predicted molar refractivity (Wildman–Crippen MR) is 82.3 cm³/mol. The van der Waals surface area contributed by atoms with E-state index in [1.54, 1.807) is 11.3 Å². The first-order valence-corrected chi connectivity index (χ1v) is 7.27. The highest BCUT2D eigenvalue weighted by Gasteiger charge is 2.03. The monoisotopic (exact) mass is 288 g/mol. The van der Waals surface area contributed by atoms with Crippen LogP contribution in [0.15, 0.2) is 48.5 Å². The number of rotatable bonds is 3. The van der Waals surface area contributed by atoms with Gasteiger partial charge in [-0.1, -0.05) is 35.4 Å². The van der Waals surface area contributed by atoms with Crippen LogP contribution < -0.4 is 4.74 Å². The molecule has 1 heterocycles. The summed E-state index contributed by atoms with van der Waals surface area (Å²) in [5, 5.41) is 2.00.